The van der Waals surface area contributed by atoms with Crippen molar-refractivity contribution in [2.75, 3.05) is 13.1 Å². The highest BCUT2D eigenvalue weighted by molar-refractivity contribution is 6.34. The predicted molar refractivity (Wildman–Crippen MR) is 101 cm³/mol. The number of carbonyl (C=O) groups excluding carboxylic acids is 1. The molecule has 0 bridgehead atoms. The zero-order valence-corrected chi connectivity index (χ0v) is 15.9. The molecule has 1 heterocycles. The van der Waals surface area contributed by atoms with Gasteiger partial charge in [-0.3, -0.25) is 4.90 Å². The van der Waals surface area contributed by atoms with Crippen molar-refractivity contribution in [2.24, 2.45) is 5.92 Å². The lowest BCUT2D eigenvalue weighted by Crippen LogP contribution is -2.50. The standard InChI is InChI=1S/C19H25Cl2N3O/c20-15-8-13(9-16(21)10-15)12-24-6-3-17(4-7-24)22-18(25)23-19-5-1-2-14(19)11-19/h8-10,14,17H,1-7,11-12H2,(H2,22,23,25). The first-order valence-corrected chi connectivity index (χ1v) is 10.0. The van der Waals surface area contributed by atoms with E-state index in [0.29, 0.717) is 10.0 Å². The molecular weight excluding hydrogens is 357 g/mol. The van der Waals surface area contributed by atoms with E-state index in [-0.39, 0.29) is 17.6 Å². The Labute approximate surface area is 159 Å². The molecule has 0 spiro atoms. The van der Waals surface area contributed by atoms with E-state index in [1.807, 2.05) is 12.1 Å². The van der Waals surface area contributed by atoms with Gasteiger partial charge >= 0.3 is 6.03 Å². The minimum absolute atomic E-state index is 0.0319. The van der Waals surface area contributed by atoms with Crippen molar-refractivity contribution in [1.82, 2.24) is 15.5 Å². The summed E-state index contributed by atoms with van der Waals surface area (Å²) in [5.41, 5.74) is 1.29. The zero-order chi connectivity index (χ0) is 17.4. The second kappa shape index (κ2) is 6.98. The van der Waals surface area contributed by atoms with E-state index in [1.165, 1.54) is 19.3 Å². The number of fused-ring (bicyclic) bond motifs is 1. The van der Waals surface area contributed by atoms with Gasteiger partial charge in [-0.15, -0.1) is 0 Å². The summed E-state index contributed by atoms with van der Waals surface area (Å²) in [4.78, 5) is 14.7. The monoisotopic (exact) mass is 381 g/mol. The largest absolute Gasteiger partial charge is 0.335 e. The lowest BCUT2D eigenvalue weighted by atomic mass is 10.0. The molecule has 3 fully saturated rings. The van der Waals surface area contributed by atoms with Crippen LogP contribution in [0.5, 0.6) is 0 Å². The normalized spacial score (nSPS) is 29.3. The third-order valence-electron chi connectivity index (χ3n) is 6.02. The van der Waals surface area contributed by atoms with Crippen molar-refractivity contribution in [3.8, 4) is 0 Å². The van der Waals surface area contributed by atoms with Gasteiger partial charge in [0.05, 0.1) is 0 Å². The summed E-state index contributed by atoms with van der Waals surface area (Å²) in [5, 5.41) is 7.79. The Bertz CT molecular complexity index is 640. The van der Waals surface area contributed by atoms with Gasteiger partial charge in [0.15, 0.2) is 0 Å². The van der Waals surface area contributed by atoms with Crippen LogP contribution in [0.15, 0.2) is 18.2 Å². The molecule has 1 aromatic carbocycles. The SMILES string of the molecule is O=C(NC1CCN(Cc2cc(Cl)cc(Cl)c2)CC1)NC12CCCC1C2. The number of benzene rings is 1. The van der Waals surface area contributed by atoms with E-state index in [1.54, 1.807) is 6.07 Å². The zero-order valence-electron chi connectivity index (χ0n) is 14.4. The Morgan fingerprint density at radius 3 is 2.48 bits per heavy atom. The third kappa shape index (κ3) is 4.07. The number of hydrogen-bond acceptors (Lipinski definition) is 2. The van der Waals surface area contributed by atoms with E-state index in [2.05, 4.69) is 15.5 Å². The van der Waals surface area contributed by atoms with Crippen LogP contribution in [0.3, 0.4) is 0 Å². The molecule has 4 nitrogen and oxygen atoms in total. The number of amides is 2. The maximum absolute atomic E-state index is 12.3. The van der Waals surface area contributed by atoms with Crippen LogP contribution >= 0.6 is 23.2 Å². The first-order valence-electron chi connectivity index (χ1n) is 9.28. The maximum Gasteiger partial charge on any atom is 0.315 e. The van der Waals surface area contributed by atoms with Crippen LogP contribution in [0.4, 0.5) is 4.79 Å². The van der Waals surface area contributed by atoms with Gasteiger partial charge in [0.25, 0.3) is 0 Å². The van der Waals surface area contributed by atoms with Crippen LogP contribution in [-0.4, -0.2) is 35.6 Å². The number of nitrogens with one attached hydrogen (secondary N) is 2. The highest BCUT2D eigenvalue weighted by Gasteiger charge is 2.57. The Morgan fingerprint density at radius 2 is 1.88 bits per heavy atom. The molecule has 2 N–H and O–H groups in total. The Kier molecular flexibility index (Phi) is 4.87. The molecular formula is C19H25Cl2N3O. The molecule has 1 aromatic rings. The topological polar surface area (TPSA) is 44.4 Å². The van der Waals surface area contributed by atoms with Crippen molar-refractivity contribution >= 4 is 29.2 Å². The Hall–Kier alpha value is -0.970. The number of rotatable bonds is 4. The summed E-state index contributed by atoms with van der Waals surface area (Å²) in [6.07, 6.45) is 6.85. The summed E-state index contributed by atoms with van der Waals surface area (Å²) >= 11 is 12.2. The smallest absolute Gasteiger partial charge is 0.315 e. The first-order chi connectivity index (χ1) is 12.0. The fraction of sp³-hybridized carbons (Fsp3) is 0.632. The van der Waals surface area contributed by atoms with Crippen LogP contribution in [0, 0.1) is 5.92 Å². The van der Waals surface area contributed by atoms with Crippen LogP contribution in [-0.2, 0) is 6.54 Å². The average molecular weight is 382 g/mol. The predicted octanol–water partition coefficient (Wildman–Crippen LogP) is 4.20. The number of halogens is 2. The fourth-order valence-corrected chi connectivity index (χ4v) is 5.16. The molecule has 0 aromatic heterocycles. The molecule has 1 saturated heterocycles. The number of piperidine rings is 1. The van der Waals surface area contributed by atoms with Crippen molar-refractivity contribution in [2.45, 2.75) is 56.7 Å². The first kappa shape index (κ1) is 17.4. The lowest BCUT2D eigenvalue weighted by molar-refractivity contribution is 0.185. The summed E-state index contributed by atoms with van der Waals surface area (Å²) in [7, 11) is 0. The molecule has 2 aliphatic carbocycles. The fourth-order valence-electron chi connectivity index (χ4n) is 4.59. The van der Waals surface area contributed by atoms with Gasteiger partial charge in [-0.25, -0.2) is 4.79 Å². The molecule has 136 valence electrons. The summed E-state index contributed by atoms with van der Waals surface area (Å²) < 4.78 is 0. The van der Waals surface area contributed by atoms with Crippen LogP contribution in [0.1, 0.15) is 44.1 Å². The number of urea groups is 1. The van der Waals surface area contributed by atoms with Gasteiger partial charge in [-0.2, -0.15) is 0 Å². The summed E-state index contributed by atoms with van der Waals surface area (Å²) in [5.74, 6) is 0.740. The molecule has 2 amide bonds. The number of hydrogen-bond donors (Lipinski definition) is 2. The highest BCUT2D eigenvalue weighted by atomic mass is 35.5. The van der Waals surface area contributed by atoms with Crippen molar-refractivity contribution in [3.63, 3.8) is 0 Å². The molecule has 2 atom stereocenters. The third-order valence-corrected chi connectivity index (χ3v) is 6.46. The van der Waals surface area contributed by atoms with Crippen molar-refractivity contribution in [1.29, 1.82) is 0 Å². The molecule has 2 unspecified atom stereocenters. The molecule has 6 heteroatoms. The minimum atomic E-state index is 0.0319. The van der Waals surface area contributed by atoms with E-state index >= 15 is 0 Å². The quantitative estimate of drug-likeness (QED) is 0.820. The molecule has 25 heavy (non-hydrogen) atoms. The second-order valence-corrected chi connectivity index (χ2v) is 8.75. The minimum Gasteiger partial charge on any atom is -0.335 e. The highest BCUT2D eigenvalue weighted by Crippen LogP contribution is 2.55. The van der Waals surface area contributed by atoms with Gasteiger partial charge in [0, 0.05) is 41.3 Å². The summed E-state index contributed by atoms with van der Waals surface area (Å²) in [6, 6.07) is 6.00. The molecule has 1 aliphatic heterocycles. The van der Waals surface area contributed by atoms with E-state index in [9.17, 15) is 4.79 Å². The number of likely N-dealkylation sites (tertiary alicyclic amines) is 1. The maximum atomic E-state index is 12.3. The van der Waals surface area contributed by atoms with E-state index in [4.69, 9.17) is 23.2 Å². The molecule has 4 rings (SSSR count). The van der Waals surface area contributed by atoms with Gasteiger partial charge < -0.3 is 10.6 Å². The van der Waals surface area contributed by atoms with Crippen molar-refractivity contribution in [3.05, 3.63) is 33.8 Å². The van der Waals surface area contributed by atoms with Crippen LogP contribution < -0.4 is 10.6 Å². The van der Waals surface area contributed by atoms with Crippen LogP contribution in [0.25, 0.3) is 0 Å². The van der Waals surface area contributed by atoms with Gasteiger partial charge in [-0.05, 0) is 61.8 Å². The summed E-state index contributed by atoms with van der Waals surface area (Å²) in [6.45, 7) is 2.80. The average Bonchev–Trinajstić information content (AvgIpc) is 3.07. The number of nitrogens with zero attached hydrogens (tertiary/aromatic N) is 1. The lowest BCUT2D eigenvalue weighted by Gasteiger charge is -2.32. The molecule has 3 aliphatic rings. The van der Waals surface area contributed by atoms with Crippen molar-refractivity contribution < 1.29 is 4.79 Å². The van der Waals surface area contributed by atoms with Gasteiger partial charge in [-0.1, -0.05) is 29.6 Å². The van der Waals surface area contributed by atoms with E-state index < -0.39 is 0 Å². The Morgan fingerprint density at radius 1 is 1.16 bits per heavy atom. The second-order valence-electron chi connectivity index (χ2n) is 7.88. The van der Waals surface area contributed by atoms with E-state index in [0.717, 1.165) is 50.4 Å². The Balaban J connectivity index is 1.22. The van der Waals surface area contributed by atoms with Gasteiger partial charge in [0.1, 0.15) is 0 Å². The van der Waals surface area contributed by atoms with Crippen LogP contribution in [0.2, 0.25) is 10.0 Å². The molecule has 0 radical (unpaired) electrons. The number of carbonyl (C=O) groups is 1. The molecule has 2 saturated carbocycles. The van der Waals surface area contributed by atoms with Gasteiger partial charge in [0.2, 0.25) is 0 Å².